The molecular weight excluding hydrogens is 382 g/mol. The fourth-order valence-electron chi connectivity index (χ4n) is 2.75. The zero-order valence-electron chi connectivity index (χ0n) is 13.6. The molecule has 3 rings (SSSR count). The summed E-state index contributed by atoms with van der Waals surface area (Å²) in [7, 11) is 1.53. The number of rotatable bonds is 5. The van der Waals surface area contributed by atoms with Crippen LogP contribution >= 0.6 is 15.9 Å². The van der Waals surface area contributed by atoms with Crippen molar-refractivity contribution in [1.82, 2.24) is 0 Å². The van der Waals surface area contributed by atoms with Crippen LogP contribution in [0.5, 0.6) is 5.75 Å². The van der Waals surface area contributed by atoms with Crippen molar-refractivity contribution in [2.45, 2.75) is 0 Å². The normalized spacial score (nSPS) is 10.5. The van der Waals surface area contributed by atoms with Gasteiger partial charge in [-0.1, -0.05) is 58.4 Å². The van der Waals surface area contributed by atoms with Crippen molar-refractivity contribution in [3.05, 3.63) is 71.8 Å². The van der Waals surface area contributed by atoms with Crippen LogP contribution in [0.2, 0.25) is 0 Å². The third-order valence-electron chi connectivity index (χ3n) is 3.91. The lowest BCUT2D eigenvalue weighted by Crippen LogP contribution is -2.16. The highest BCUT2D eigenvalue weighted by Gasteiger charge is 2.20. The van der Waals surface area contributed by atoms with Gasteiger partial charge in [0.05, 0.1) is 23.7 Å². The standard InChI is InChI=1S/C20H16BrNO3/c1-25-17-9-5-4-8-15(17)20(24)16-11-10-13-6-2-3-7-14(13)19(16)22-18(23)12-21/h2-11H,12H2,1H3,(H,22,23). The number of hydrogen-bond acceptors (Lipinski definition) is 3. The first-order valence-electron chi connectivity index (χ1n) is 7.71. The molecule has 0 saturated carbocycles. The van der Waals surface area contributed by atoms with E-state index in [1.54, 1.807) is 24.3 Å². The van der Waals surface area contributed by atoms with Crippen molar-refractivity contribution in [3.8, 4) is 5.75 Å². The summed E-state index contributed by atoms with van der Waals surface area (Å²) in [5.41, 5.74) is 1.39. The monoisotopic (exact) mass is 397 g/mol. The number of halogens is 1. The summed E-state index contributed by atoms with van der Waals surface area (Å²) < 4.78 is 5.30. The Morgan fingerprint density at radius 1 is 0.960 bits per heavy atom. The minimum absolute atomic E-state index is 0.151. The summed E-state index contributed by atoms with van der Waals surface area (Å²) in [5, 5.41) is 4.76. The van der Waals surface area contributed by atoms with E-state index >= 15 is 0 Å². The number of fused-ring (bicyclic) bond motifs is 1. The second kappa shape index (κ2) is 7.49. The Morgan fingerprint density at radius 3 is 2.44 bits per heavy atom. The van der Waals surface area contributed by atoms with Crippen LogP contribution in [0, 0.1) is 0 Å². The molecule has 0 radical (unpaired) electrons. The maximum Gasteiger partial charge on any atom is 0.235 e. The van der Waals surface area contributed by atoms with Crippen LogP contribution in [0.4, 0.5) is 5.69 Å². The van der Waals surface area contributed by atoms with Gasteiger partial charge in [0.25, 0.3) is 0 Å². The zero-order chi connectivity index (χ0) is 17.8. The fraction of sp³-hybridized carbons (Fsp3) is 0.100. The highest BCUT2D eigenvalue weighted by atomic mass is 79.9. The fourth-order valence-corrected chi connectivity index (χ4v) is 2.89. The Labute approximate surface area is 153 Å². The molecule has 126 valence electrons. The minimum atomic E-state index is -0.217. The van der Waals surface area contributed by atoms with E-state index in [-0.39, 0.29) is 17.0 Å². The van der Waals surface area contributed by atoms with Gasteiger partial charge >= 0.3 is 0 Å². The number of carbonyl (C=O) groups excluding carboxylic acids is 2. The van der Waals surface area contributed by atoms with E-state index in [9.17, 15) is 9.59 Å². The van der Waals surface area contributed by atoms with Gasteiger partial charge in [-0.05, 0) is 23.6 Å². The van der Waals surface area contributed by atoms with Crippen LogP contribution in [-0.4, -0.2) is 24.1 Å². The Morgan fingerprint density at radius 2 is 1.68 bits per heavy atom. The van der Waals surface area contributed by atoms with Gasteiger partial charge in [0.1, 0.15) is 5.75 Å². The van der Waals surface area contributed by atoms with Gasteiger partial charge in [0.2, 0.25) is 5.91 Å². The number of amides is 1. The first kappa shape index (κ1) is 17.2. The van der Waals surface area contributed by atoms with Gasteiger partial charge in [-0.25, -0.2) is 0 Å². The number of ketones is 1. The van der Waals surface area contributed by atoms with Gasteiger partial charge in [-0.15, -0.1) is 0 Å². The quantitative estimate of drug-likeness (QED) is 0.512. The molecule has 1 N–H and O–H groups in total. The molecule has 3 aromatic rings. The van der Waals surface area contributed by atoms with Gasteiger partial charge in [0, 0.05) is 10.9 Å². The molecule has 0 bridgehead atoms. The number of ether oxygens (including phenoxy) is 1. The predicted molar refractivity (Wildman–Crippen MR) is 103 cm³/mol. The molecule has 5 heteroatoms. The van der Waals surface area contributed by atoms with E-state index in [4.69, 9.17) is 4.74 Å². The van der Waals surface area contributed by atoms with Gasteiger partial charge in [-0.2, -0.15) is 0 Å². The van der Waals surface area contributed by atoms with Crippen LogP contribution in [0.25, 0.3) is 10.8 Å². The number of benzene rings is 3. The number of alkyl halides is 1. The van der Waals surface area contributed by atoms with E-state index in [0.29, 0.717) is 22.6 Å². The molecule has 0 saturated heterocycles. The molecule has 0 fully saturated rings. The summed E-state index contributed by atoms with van der Waals surface area (Å²) in [6.07, 6.45) is 0. The minimum Gasteiger partial charge on any atom is -0.496 e. The molecule has 0 aliphatic heterocycles. The van der Waals surface area contributed by atoms with Crippen LogP contribution in [-0.2, 0) is 4.79 Å². The van der Waals surface area contributed by atoms with E-state index in [0.717, 1.165) is 10.8 Å². The molecule has 3 aromatic carbocycles. The van der Waals surface area contributed by atoms with Crippen molar-refractivity contribution in [2.24, 2.45) is 0 Å². The molecular formula is C20H16BrNO3. The van der Waals surface area contributed by atoms with E-state index in [1.807, 2.05) is 36.4 Å². The SMILES string of the molecule is COc1ccccc1C(=O)c1ccc2ccccc2c1NC(=O)CBr. The third-order valence-corrected chi connectivity index (χ3v) is 4.42. The van der Waals surface area contributed by atoms with Gasteiger partial charge in [-0.3, -0.25) is 9.59 Å². The lowest BCUT2D eigenvalue weighted by Gasteiger charge is -2.14. The van der Waals surface area contributed by atoms with Crippen LogP contribution in [0.15, 0.2) is 60.7 Å². The van der Waals surface area contributed by atoms with Crippen LogP contribution in [0.1, 0.15) is 15.9 Å². The van der Waals surface area contributed by atoms with Crippen LogP contribution < -0.4 is 10.1 Å². The molecule has 25 heavy (non-hydrogen) atoms. The van der Waals surface area contributed by atoms with Crippen molar-refractivity contribution in [2.75, 3.05) is 17.8 Å². The predicted octanol–water partition coefficient (Wildman–Crippen LogP) is 4.41. The molecule has 0 unspecified atom stereocenters. The first-order valence-corrected chi connectivity index (χ1v) is 8.83. The summed E-state index contributed by atoms with van der Waals surface area (Å²) in [4.78, 5) is 25.1. The number of nitrogens with one attached hydrogen (secondary N) is 1. The Hall–Kier alpha value is -2.66. The zero-order valence-corrected chi connectivity index (χ0v) is 15.2. The van der Waals surface area contributed by atoms with Gasteiger partial charge < -0.3 is 10.1 Å². The molecule has 0 heterocycles. The van der Waals surface area contributed by atoms with Crippen molar-refractivity contribution >= 4 is 44.1 Å². The second-order valence-electron chi connectivity index (χ2n) is 5.42. The summed E-state index contributed by atoms with van der Waals surface area (Å²) in [5.74, 6) is 0.0805. The summed E-state index contributed by atoms with van der Waals surface area (Å²) >= 11 is 3.15. The molecule has 4 nitrogen and oxygen atoms in total. The highest BCUT2D eigenvalue weighted by molar-refractivity contribution is 9.09. The first-order chi connectivity index (χ1) is 12.2. The molecule has 0 aliphatic rings. The average molecular weight is 398 g/mol. The molecule has 0 atom stereocenters. The van der Waals surface area contributed by atoms with Crippen molar-refractivity contribution in [3.63, 3.8) is 0 Å². The number of methoxy groups -OCH3 is 1. The topological polar surface area (TPSA) is 55.4 Å². The smallest absolute Gasteiger partial charge is 0.235 e. The Bertz CT molecular complexity index is 953. The van der Waals surface area contributed by atoms with E-state index in [2.05, 4.69) is 21.2 Å². The number of hydrogen-bond donors (Lipinski definition) is 1. The molecule has 1 amide bonds. The van der Waals surface area contributed by atoms with E-state index in [1.165, 1.54) is 7.11 Å². The number of carbonyl (C=O) groups is 2. The van der Waals surface area contributed by atoms with Gasteiger partial charge in [0.15, 0.2) is 5.78 Å². The molecule has 0 aromatic heterocycles. The average Bonchev–Trinajstić information content (AvgIpc) is 2.67. The molecule has 0 aliphatic carbocycles. The number of anilines is 1. The highest BCUT2D eigenvalue weighted by Crippen LogP contribution is 2.31. The summed E-state index contributed by atoms with van der Waals surface area (Å²) in [6, 6.07) is 18.3. The van der Waals surface area contributed by atoms with E-state index < -0.39 is 0 Å². The maximum absolute atomic E-state index is 13.1. The Kier molecular flexibility index (Phi) is 5.14. The lowest BCUT2D eigenvalue weighted by atomic mass is 9.96. The second-order valence-corrected chi connectivity index (χ2v) is 5.98. The maximum atomic E-state index is 13.1. The lowest BCUT2D eigenvalue weighted by molar-refractivity contribution is -0.113. The molecule has 0 spiro atoms. The Balaban J connectivity index is 2.19. The van der Waals surface area contributed by atoms with Crippen molar-refractivity contribution < 1.29 is 14.3 Å². The number of para-hydroxylation sites is 1. The van der Waals surface area contributed by atoms with Crippen LogP contribution in [0.3, 0.4) is 0 Å². The summed E-state index contributed by atoms with van der Waals surface area (Å²) in [6.45, 7) is 0. The third kappa shape index (κ3) is 3.42. The largest absolute Gasteiger partial charge is 0.496 e. The van der Waals surface area contributed by atoms with Crippen molar-refractivity contribution in [1.29, 1.82) is 0 Å².